The van der Waals surface area contributed by atoms with Gasteiger partial charge in [-0.1, -0.05) is 6.92 Å². The van der Waals surface area contributed by atoms with E-state index in [4.69, 9.17) is 5.11 Å². The number of carbonyl (C=O) groups is 3. The van der Waals surface area contributed by atoms with Crippen molar-refractivity contribution >= 4 is 23.5 Å². The highest BCUT2D eigenvalue weighted by molar-refractivity contribution is 6.08. The minimum Gasteiger partial charge on any atom is -0.480 e. The summed E-state index contributed by atoms with van der Waals surface area (Å²) in [5, 5.41) is 11.8. The highest BCUT2D eigenvalue weighted by atomic mass is 16.4. The van der Waals surface area contributed by atoms with Crippen LogP contribution >= 0.6 is 0 Å². The van der Waals surface area contributed by atoms with Crippen molar-refractivity contribution in [3.05, 3.63) is 29.3 Å². The topological polar surface area (TPSA) is 86.7 Å². The van der Waals surface area contributed by atoms with Crippen LogP contribution in [0.15, 0.2) is 18.2 Å². The van der Waals surface area contributed by atoms with Crippen LogP contribution in [0.3, 0.4) is 0 Å². The van der Waals surface area contributed by atoms with Crippen molar-refractivity contribution in [1.82, 2.24) is 4.90 Å². The van der Waals surface area contributed by atoms with E-state index in [-0.39, 0.29) is 5.91 Å². The van der Waals surface area contributed by atoms with E-state index in [1.54, 1.807) is 25.1 Å². The molecule has 2 amide bonds. The molecule has 1 aliphatic rings. The first-order chi connectivity index (χ1) is 11.6. The molecule has 1 aromatic rings. The van der Waals surface area contributed by atoms with Gasteiger partial charge in [-0.2, -0.15) is 0 Å². The molecule has 6 heteroatoms. The van der Waals surface area contributed by atoms with Gasteiger partial charge < -0.3 is 15.3 Å². The summed E-state index contributed by atoms with van der Waals surface area (Å²) < 4.78 is 0. The van der Waals surface area contributed by atoms with Crippen molar-refractivity contribution in [2.45, 2.75) is 40.5 Å². The maximum Gasteiger partial charge on any atom is 0.318 e. The Morgan fingerprint density at radius 3 is 2.32 bits per heavy atom. The van der Waals surface area contributed by atoms with E-state index in [1.807, 2.05) is 4.90 Å². The number of anilines is 1. The first kappa shape index (κ1) is 19.0. The van der Waals surface area contributed by atoms with E-state index in [0.717, 1.165) is 31.5 Å². The third-order valence-corrected chi connectivity index (χ3v) is 4.89. The molecule has 0 bridgehead atoms. The van der Waals surface area contributed by atoms with Crippen LogP contribution in [0.25, 0.3) is 0 Å². The summed E-state index contributed by atoms with van der Waals surface area (Å²) in [5.74, 6) is -1.12. The van der Waals surface area contributed by atoms with Crippen molar-refractivity contribution in [3.63, 3.8) is 0 Å². The van der Waals surface area contributed by atoms with Gasteiger partial charge in [0, 0.05) is 24.3 Å². The molecule has 1 aliphatic heterocycles. The number of benzene rings is 1. The van der Waals surface area contributed by atoms with E-state index in [0.29, 0.717) is 17.2 Å². The Hall–Kier alpha value is -2.37. The molecule has 0 saturated carbocycles. The largest absolute Gasteiger partial charge is 0.480 e. The lowest BCUT2D eigenvalue weighted by Crippen LogP contribution is -2.38. The predicted molar refractivity (Wildman–Crippen MR) is 95.5 cm³/mol. The molecule has 1 aromatic carbocycles. The van der Waals surface area contributed by atoms with Gasteiger partial charge >= 0.3 is 5.97 Å². The molecule has 2 rings (SSSR count). The molecule has 0 atom stereocenters. The van der Waals surface area contributed by atoms with Crippen molar-refractivity contribution in [3.8, 4) is 0 Å². The van der Waals surface area contributed by atoms with Gasteiger partial charge in [-0.15, -0.1) is 0 Å². The second kappa shape index (κ2) is 7.25. The molecule has 0 aliphatic carbocycles. The van der Waals surface area contributed by atoms with Gasteiger partial charge in [-0.05, 0) is 63.3 Å². The maximum atomic E-state index is 12.6. The zero-order valence-electron chi connectivity index (χ0n) is 15.3. The average molecular weight is 346 g/mol. The summed E-state index contributed by atoms with van der Waals surface area (Å²) >= 11 is 0. The van der Waals surface area contributed by atoms with E-state index in [9.17, 15) is 14.4 Å². The minimum atomic E-state index is -1.52. The Bertz CT molecular complexity index is 689. The second-order valence-corrected chi connectivity index (χ2v) is 7.39. The van der Waals surface area contributed by atoms with Gasteiger partial charge in [0.05, 0.1) is 0 Å². The Kier molecular flexibility index (Phi) is 5.50. The van der Waals surface area contributed by atoms with Gasteiger partial charge in [0.15, 0.2) is 0 Å². The Labute approximate surface area is 148 Å². The highest BCUT2D eigenvalue weighted by Crippen LogP contribution is 2.24. The fourth-order valence-electron chi connectivity index (χ4n) is 2.71. The summed E-state index contributed by atoms with van der Waals surface area (Å²) in [5.41, 5.74) is 0.308. The van der Waals surface area contributed by atoms with Crippen LogP contribution in [-0.4, -0.2) is 40.9 Å². The van der Waals surface area contributed by atoms with Gasteiger partial charge in [0.2, 0.25) is 5.91 Å². The van der Waals surface area contributed by atoms with Crippen LogP contribution in [0.5, 0.6) is 0 Å². The molecule has 0 radical (unpaired) electrons. The molecule has 25 heavy (non-hydrogen) atoms. The average Bonchev–Trinajstić information content (AvgIpc) is 2.56. The number of carboxylic acids is 1. The highest BCUT2D eigenvalue weighted by Gasteiger charge is 2.36. The summed E-state index contributed by atoms with van der Waals surface area (Å²) in [6.07, 6.45) is 2.03. The van der Waals surface area contributed by atoms with Gasteiger partial charge in [0.1, 0.15) is 5.41 Å². The first-order valence-corrected chi connectivity index (χ1v) is 8.57. The summed E-state index contributed by atoms with van der Waals surface area (Å²) in [7, 11) is 0. The van der Waals surface area contributed by atoms with Gasteiger partial charge in [-0.3, -0.25) is 14.4 Å². The third-order valence-electron chi connectivity index (χ3n) is 4.89. The molecular formula is C19H26N2O4. The van der Waals surface area contributed by atoms with Crippen LogP contribution < -0.4 is 5.32 Å². The van der Waals surface area contributed by atoms with Crippen LogP contribution in [0.4, 0.5) is 5.69 Å². The van der Waals surface area contributed by atoms with E-state index < -0.39 is 17.3 Å². The number of nitrogens with one attached hydrogen (secondary N) is 1. The zero-order chi connectivity index (χ0) is 18.8. The standard InChI is InChI=1S/C19H26N2O4/c1-12-7-9-21(10-8-12)16(22)14-5-6-15(13(2)11-14)20-17(23)19(3,4)18(24)25/h5-6,11-12H,7-10H2,1-4H3,(H,20,23)(H,24,25). The Balaban J connectivity index is 2.11. The van der Waals surface area contributed by atoms with Crippen LogP contribution in [0, 0.1) is 18.3 Å². The second-order valence-electron chi connectivity index (χ2n) is 7.39. The molecular weight excluding hydrogens is 320 g/mol. The predicted octanol–water partition coefficient (Wildman–Crippen LogP) is 2.92. The number of carboxylic acid groups (broad SMARTS) is 1. The molecule has 1 saturated heterocycles. The number of aliphatic carboxylic acids is 1. The first-order valence-electron chi connectivity index (χ1n) is 8.57. The van der Waals surface area contributed by atoms with E-state index in [2.05, 4.69) is 12.2 Å². The number of amides is 2. The normalized spacial score (nSPS) is 15.8. The monoisotopic (exact) mass is 346 g/mol. The molecule has 1 fully saturated rings. The summed E-state index contributed by atoms with van der Waals surface area (Å²) in [4.78, 5) is 37.8. The number of hydrogen-bond donors (Lipinski definition) is 2. The Morgan fingerprint density at radius 1 is 1.20 bits per heavy atom. The van der Waals surface area contributed by atoms with E-state index >= 15 is 0 Å². The van der Waals surface area contributed by atoms with Gasteiger partial charge in [0.25, 0.3) is 5.91 Å². The van der Waals surface area contributed by atoms with E-state index in [1.165, 1.54) is 13.8 Å². The number of carbonyl (C=O) groups excluding carboxylic acids is 2. The fraction of sp³-hybridized carbons (Fsp3) is 0.526. The van der Waals surface area contributed by atoms with Crippen molar-refractivity contribution < 1.29 is 19.5 Å². The lowest BCUT2D eigenvalue weighted by atomic mass is 9.92. The number of likely N-dealkylation sites (tertiary alicyclic amines) is 1. The third kappa shape index (κ3) is 4.18. The van der Waals surface area contributed by atoms with Gasteiger partial charge in [-0.25, -0.2) is 0 Å². The quantitative estimate of drug-likeness (QED) is 0.821. The van der Waals surface area contributed by atoms with Crippen LogP contribution in [-0.2, 0) is 9.59 Å². The fourth-order valence-corrected chi connectivity index (χ4v) is 2.71. The molecule has 2 N–H and O–H groups in total. The lowest BCUT2D eigenvalue weighted by Gasteiger charge is -2.30. The summed E-state index contributed by atoms with van der Waals surface area (Å²) in [6, 6.07) is 5.07. The number of rotatable bonds is 4. The summed E-state index contributed by atoms with van der Waals surface area (Å²) in [6.45, 7) is 8.24. The molecule has 0 aromatic heterocycles. The SMILES string of the molecule is Cc1cc(C(=O)N2CCC(C)CC2)ccc1NC(=O)C(C)(C)C(=O)O. The van der Waals surface area contributed by atoms with Crippen LogP contribution in [0.2, 0.25) is 0 Å². The molecule has 6 nitrogen and oxygen atoms in total. The number of piperidine rings is 1. The number of hydrogen-bond acceptors (Lipinski definition) is 3. The molecule has 1 heterocycles. The number of aryl methyl sites for hydroxylation is 1. The Morgan fingerprint density at radius 2 is 1.80 bits per heavy atom. The zero-order valence-corrected chi connectivity index (χ0v) is 15.3. The van der Waals surface area contributed by atoms with Crippen LogP contribution in [0.1, 0.15) is 49.5 Å². The minimum absolute atomic E-state index is 0.00116. The molecule has 0 unspecified atom stereocenters. The molecule has 136 valence electrons. The number of nitrogens with zero attached hydrogens (tertiary/aromatic N) is 1. The lowest BCUT2D eigenvalue weighted by molar-refractivity contribution is -0.151. The van der Waals surface area contributed by atoms with Crippen molar-refractivity contribution in [1.29, 1.82) is 0 Å². The smallest absolute Gasteiger partial charge is 0.318 e. The maximum absolute atomic E-state index is 12.6. The molecule has 0 spiro atoms. The van der Waals surface area contributed by atoms with Crippen molar-refractivity contribution in [2.24, 2.45) is 11.3 Å². The van der Waals surface area contributed by atoms with Crippen molar-refractivity contribution in [2.75, 3.05) is 18.4 Å².